The van der Waals surface area contributed by atoms with E-state index < -0.39 is 0 Å². The van der Waals surface area contributed by atoms with Crippen LogP contribution in [0.3, 0.4) is 0 Å². The Bertz CT molecular complexity index is 670. The quantitative estimate of drug-likeness (QED) is 0.830. The van der Waals surface area contributed by atoms with Crippen molar-refractivity contribution < 1.29 is 9.21 Å². The molecule has 1 heterocycles. The summed E-state index contributed by atoms with van der Waals surface area (Å²) in [6.07, 6.45) is 6.96. The first-order chi connectivity index (χ1) is 11.1. The Morgan fingerprint density at radius 1 is 1.22 bits per heavy atom. The van der Waals surface area contributed by atoms with Crippen molar-refractivity contribution in [2.24, 2.45) is 5.92 Å². The van der Waals surface area contributed by atoms with Crippen LogP contribution in [0.4, 0.5) is 0 Å². The van der Waals surface area contributed by atoms with Gasteiger partial charge < -0.3 is 9.73 Å². The molecule has 1 aromatic heterocycles. The lowest BCUT2D eigenvalue weighted by Gasteiger charge is -2.32. The Balaban J connectivity index is 1.69. The number of hydrogen-bond acceptors (Lipinski definition) is 2. The fraction of sp³-hybridized carbons (Fsp3) is 0.389. The summed E-state index contributed by atoms with van der Waals surface area (Å²) in [5, 5.41) is 4.06. The number of benzene rings is 1. The molecule has 23 heavy (non-hydrogen) atoms. The zero-order chi connectivity index (χ0) is 16.2. The molecule has 3 nitrogen and oxygen atoms in total. The van der Waals surface area contributed by atoms with Gasteiger partial charge in [0.2, 0.25) is 0 Å². The van der Waals surface area contributed by atoms with Gasteiger partial charge in [0, 0.05) is 17.5 Å². The number of hydrogen-bond donors (Lipinski definition) is 1. The molecule has 1 amide bonds. The van der Waals surface area contributed by atoms with E-state index in [0.29, 0.717) is 21.5 Å². The van der Waals surface area contributed by atoms with Crippen molar-refractivity contribution in [3.8, 4) is 0 Å². The third-order valence-electron chi connectivity index (χ3n) is 4.44. The number of furan rings is 1. The van der Waals surface area contributed by atoms with Crippen molar-refractivity contribution in [3.63, 3.8) is 0 Å². The van der Waals surface area contributed by atoms with E-state index in [9.17, 15) is 4.79 Å². The van der Waals surface area contributed by atoms with Gasteiger partial charge in [0.15, 0.2) is 0 Å². The SMILES string of the molecule is O=C(N[C@H]1CCCC[C@@H]1Cc1ccco1)c1ccc(Cl)cc1Cl. The van der Waals surface area contributed by atoms with E-state index in [1.165, 1.54) is 6.42 Å². The predicted octanol–water partition coefficient (Wildman–Crippen LogP) is 5.12. The van der Waals surface area contributed by atoms with Crippen LogP contribution in [0.2, 0.25) is 10.0 Å². The third kappa shape index (κ3) is 4.10. The zero-order valence-electron chi connectivity index (χ0n) is 12.7. The summed E-state index contributed by atoms with van der Waals surface area (Å²) in [6, 6.07) is 8.99. The van der Waals surface area contributed by atoms with Gasteiger partial charge in [-0.3, -0.25) is 4.79 Å². The number of nitrogens with one attached hydrogen (secondary N) is 1. The molecule has 1 aliphatic rings. The first-order valence-electron chi connectivity index (χ1n) is 7.92. The van der Waals surface area contributed by atoms with Gasteiger partial charge in [-0.2, -0.15) is 0 Å². The fourth-order valence-corrected chi connectivity index (χ4v) is 3.74. The number of carbonyl (C=O) groups is 1. The second-order valence-electron chi connectivity index (χ2n) is 6.03. The lowest BCUT2D eigenvalue weighted by molar-refractivity contribution is 0.0904. The van der Waals surface area contributed by atoms with E-state index in [0.717, 1.165) is 31.4 Å². The van der Waals surface area contributed by atoms with E-state index in [-0.39, 0.29) is 11.9 Å². The summed E-state index contributed by atoms with van der Waals surface area (Å²) in [6.45, 7) is 0. The molecule has 2 aromatic rings. The summed E-state index contributed by atoms with van der Waals surface area (Å²) < 4.78 is 5.46. The summed E-state index contributed by atoms with van der Waals surface area (Å²) in [4.78, 5) is 12.5. The van der Waals surface area contributed by atoms with Crippen molar-refractivity contribution in [2.45, 2.75) is 38.1 Å². The van der Waals surface area contributed by atoms with E-state index >= 15 is 0 Å². The van der Waals surface area contributed by atoms with E-state index in [4.69, 9.17) is 27.6 Å². The monoisotopic (exact) mass is 351 g/mol. The molecule has 0 bridgehead atoms. The van der Waals surface area contributed by atoms with Gasteiger partial charge >= 0.3 is 0 Å². The standard InChI is InChI=1S/C18H19Cl2NO2/c19-13-7-8-15(16(20)11-13)18(22)21-17-6-2-1-4-12(17)10-14-5-3-9-23-14/h3,5,7-9,11-12,17H,1-2,4,6,10H2,(H,21,22)/t12-,17+/m1/s1. The van der Waals surface area contributed by atoms with Gasteiger partial charge in [-0.25, -0.2) is 0 Å². The predicted molar refractivity (Wildman–Crippen MR) is 92.1 cm³/mol. The molecule has 0 unspecified atom stereocenters. The molecule has 1 aliphatic carbocycles. The largest absolute Gasteiger partial charge is 0.469 e. The molecule has 0 aliphatic heterocycles. The first-order valence-corrected chi connectivity index (χ1v) is 8.67. The van der Waals surface area contributed by atoms with Gasteiger partial charge in [-0.15, -0.1) is 0 Å². The second-order valence-corrected chi connectivity index (χ2v) is 6.88. The highest BCUT2D eigenvalue weighted by molar-refractivity contribution is 6.36. The minimum Gasteiger partial charge on any atom is -0.469 e. The molecule has 5 heteroatoms. The van der Waals surface area contributed by atoms with Crippen LogP contribution in [0, 0.1) is 5.92 Å². The molecule has 3 rings (SSSR count). The van der Waals surface area contributed by atoms with Crippen LogP contribution in [-0.2, 0) is 6.42 Å². The maximum Gasteiger partial charge on any atom is 0.253 e. The highest BCUT2D eigenvalue weighted by atomic mass is 35.5. The minimum atomic E-state index is -0.136. The Morgan fingerprint density at radius 2 is 2.04 bits per heavy atom. The van der Waals surface area contributed by atoms with Crippen molar-refractivity contribution in [2.75, 3.05) is 0 Å². The number of halogens is 2. The van der Waals surface area contributed by atoms with Crippen molar-refractivity contribution >= 4 is 29.1 Å². The van der Waals surface area contributed by atoms with E-state index in [1.54, 1.807) is 24.5 Å². The molecule has 2 atom stereocenters. The first kappa shape index (κ1) is 16.4. The molecule has 1 N–H and O–H groups in total. The topological polar surface area (TPSA) is 42.2 Å². The zero-order valence-corrected chi connectivity index (χ0v) is 14.2. The van der Waals surface area contributed by atoms with Crippen molar-refractivity contribution in [1.29, 1.82) is 0 Å². The average molecular weight is 352 g/mol. The van der Waals surface area contributed by atoms with Crippen LogP contribution in [0.1, 0.15) is 41.8 Å². The van der Waals surface area contributed by atoms with Crippen LogP contribution in [0.15, 0.2) is 41.0 Å². The van der Waals surface area contributed by atoms with Gasteiger partial charge in [-0.1, -0.05) is 36.0 Å². The summed E-state index contributed by atoms with van der Waals surface area (Å²) >= 11 is 12.0. The Labute approximate surface area is 146 Å². The molecule has 122 valence electrons. The molecular weight excluding hydrogens is 333 g/mol. The van der Waals surface area contributed by atoms with E-state index in [2.05, 4.69) is 5.32 Å². The lowest BCUT2D eigenvalue weighted by atomic mass is 9.81. The highest BCUT2D eigenvalue weighted by Crippen LogP contribution is 2.29. The maximum atomic E-state index is 12.5. The van der Waals surface area contributed by atoms with Crippen molar-refractivity contribution in [1.82, 2.24) is 5.32 Å². The Morgan fingerprint density at radius 3 is 2.78 bits per heavy atom. The van der Waals surface area contributed by atoms with Crippen LogP contribution in [0.5, 0.6) is 0 Å². The highest BCUT2D eigenvalue weighted by Gasteiger charge is 2.28. The maximum absolute atomic E-state index is 12.5. The van der Waals surface area contributed by atoms with Crippen LogP contribution in [0.25, 0.3) is 0 Å². The van der Waals surface area contributed by atoms with Crippen molar-refractivity contribution in [3.05, 3.63) is 58.0 Å². The lowest BCUT2D eigenvalue weighted by Crippen LogP contribution is -2.43. The molecule has 0 saturated heterocycles. The molecule has 1 fully saturated rings. The number of rotatable bonds is 4. The van der Waals surface area contributed by atoms with Gasteiger partial charge in [0.25, 0.3) is 5.91 Å². The number of carbonyl (C=O) groups excluding carboxylic acids is 1. The average Bonchev–Trinajstić information content (AvgIpc) is 3.02. The van der Waals surface area contributed by atoms with Gasteiger partial charge in [0.1, 0.15) is 5.76 Å². The Kier molecular flexibility index (Phi) is 5.29. The Hall–Kier alpha value is -1.45. The molecule has 0 radical (unpaired) electrons. The molecule has 1 aromatic carbocycles. The molecule has 0 spiro atoms. The number of amides is 1. The summed E-state index contributed by atoms with van der Waals surface area (Å²) in [7, 11) is 0. The molecular formula is C18H19Cl2NO2. The fourth-order valence-electron chi connectivity index (χ4n) is 3.25. The van der Waals surface area contributed by atoms with Gasteiger partial charge in [0.05, 0.1) is 16.8 Å². The molecule has 1 saturated carbocycles. The summed E-state index contributed by atoms with van der Waals surface area (Å²) in [5.74, 6) is 1.23. The summed E-state index contributed by atoms with van der Waals surface area (Å²) in [5.41, 5.74) is 0.471. The van der Waals surface area contributed by atoms with Crippen LogP contribution >= 0.6 is 23.2 Å². The smallest absolute Gasteiger partial charge is 0.253 e. The van der Waals surface area contributed by atoms with Crippen LogP contribution < -0.4 is 5.32 Å². The normalized spacial score (nSPS) is 21.1. The van der Waals surface area contributed by atoms with E-state index in [1.807, 2.05) is 12.1 Å². The third-order valence-corrected chi connectivity index (χ3v) is 4.99. The minimum absolute atomic E-state index is 0.136. The van der Waals surface area contributed by atoms with Crippen LogP contribution in [-0.4, -0.2) is 11.9 Å². The second kappa shape index (κ2) is 7.41. The van der Waals surface area contributed by atoms with Gasteiger partial charge in [-0.05, 0) is 49.1 Å².